The number of rotatable bonds is 3. The normalized spacial score (nSPS) is 37.7. The van der Waals surface area contributed by atoms with Gasteiger partial charge < -0.3 is 14.6 Å². The molecule has 0 aromatic heterocycles. The van der Waals surface area contributed by atoms with Gasteiger partial charge in [-0.05, 0) is 72.4 Å². The maximum atomic E-state index is 12.9. The Hall–Kier alpha value is -2.33. The van der Waals surface area contributed by atoms with Crippen LogP contribution in [0.2, 0.25) is 0 Å². The Morgan fingerprint density at radius 3 is 2.59 bits per heavy atom. The van der Waals surface area contributed by atoms with Gasteiger partial charge in [-0.15, -0.1) is 0 Å². The molecule has 0 bridgehead atoms. The number of aliphatic hydroxyl groups is 1. The monoisotopic (exact) mass is 434 g/mol. The zero-order valence-corrected chi connectivity index (χ0v) is 19.5. The minimum Gasteiger partial charge on any atom is -0.497 e. The molecule has 32 heavy (non-hydrogen) atoms. The van der Waals surface area contributed by atoms with Crippen molar-refractivity contribution in [2.24, 2.45) is 22.7 Å². The number of hydrogen-bond donors (Lipinski definition) is 1. The average molecular weight is 435 g/mol. The molecule has 3 aliphatic rings. The standard InChI is InChI=1S/C28H34O4/c1-17-14-19-15-20(31-4)10-11-21(19)22-12-13-27(2)24(16-23(29)28(27,3)25(17)22)32-26(30)18-8-6-5-7-9-18/h5-11,15,17,22-25,29H,12-14,16H2,1-4H3/t17-,22-,23-,24+,25-,27-,28-/m1/s1. The fraction of sp³-hybridized carbons (Fsp3) is 0.536. The molecule has 170 valence electrons. The van der Waals surface area contributed by atoms with E-state index >= 15 is 0 Å². The number of benzene rings is 2. The van der Waals surface area contributed by atoms with Crippen LogP contribution in [-0.2, 0) is 11.2 Å². The van der Waals surface area contributed by atoms with E-state index in [1.807, 2.05) is 18.2 Å². The molecular weight excluding hydrogens is 400 g/mol. The quantitative estimate of drug-likeness (QED) is 0.659. The Labute approximate surface area is 190 Å². The van der Waals surface area contributed by atoms with E-state index in [9.17, 15) is 9.90 Å². The first-order valence-corrected chi connectivity index (χ1v) is 11.9. The number of carbonyl (C=O) groups excluding carboxylic acids is 1. The summed E-state index contributed by atoms with van der Waals surface area (Å²) in [7, 11) is 1.72. The van der Waals surface area contributed by atoms with Gasteiger partial charge in [-0.25, -0.2) is 4.79 Å². The van der Waals surface area contributed by atoms with E-state index < -0.39 is 6.10 Å². The summed E-state index contributed by atoms with van der Waals surface area (Å²) in [6.45, 7) is 6.83. The van der Waals surface area contributed by atoms with Crippen molar-refractivity contribution < 1.29 is 19.4 Å². The van der Waals surface area contributed by atoms with Crippen molar-refractivity contribution >= 4 is 5.97 Å². The molecule has 2 fully saturated rings. The zero-order chi connectivity index (χ0) is 22.7. The third kappa shape index (κ3) is 2.95. The molecule has 2 aromatic rings. The van der Waals surface area contributed by atoms with Crippen molar-refractivity contribution in [2.45, 2.75) is 64.6 Å². The van der Waals surface area contributed by atoms with Crippen LogP contribution in [0.1, 0.15) is 67.4 Å². The van der Waals surface area contributed by atoms with Crippen LogP contribution in [0.4, 0.5) is 0 Å². The topological polar surface area (TPSA) is 55.8 Å². The summed E-state index contributed by atoms with van der Waals surface area (Å²) in [5.41, 5.74) is 2.80. The average Bonchev–Trinajstić information content (AvgIpc) is 2.99. The lowest BCUT2D eigenvalue weighted by Crippen LogP contribution is -2.57. The molecule has 0 aliphatic heterocycles. The van der Waals surface area contributed by atoms with Gasteiger partial charge >= 0.3 is 5.97 Å². The second-order valence-corrected chi connectivity index (χ2v) is 10.6. The molecule has 3 aliphatic carbocycles. The molecule has 0 heterocycles. The van der Waals surface area contributed by atoms with E-state index in [2.05, 4.69) is 39.0 Å². The smallest absolute Gasteiger partial charge is 0.338 e. The Bertz CT molecular complexity index is 1020. The maximum absolute atomic E-state index is 12.9. The Morgan fingerprint density at radius 2 is 1.88 bits per heavy atom. The first kappa shape index (κ1) is 21.5. The molecule has 0 amide bonds. The molecule has 4 nitrogen and oxygen atoms in total. The summed E-state index contributed by atoms with van der Waals surface area (Å²) in [6.07, 6.45) is 2.72. The highest BCUT2D eigenvalue weighted by Gasteiger charge is 2.68. The summed E-state index contributed by atoms with van der Waals surface area (Å²) >= 11 is 0. The third-order valence-electron chi connectivity index (χ3n) is 9.33. The number of aliphatic hydroxyl groups excluding tert-OH is 1. The van der Waals surface area contributed by atoms with Crippen LogP contribution in [0.3, 0.4) is 0 Å². The van der Waals surface area contributed by atoms with Gasteiger partial charge in [-0.3, -0.25) is 0 Å². The second-order valence-electron chi connectivity index (χ2n) is 10.6. The zero-order valence-electron chi connectivity index (χ0n) is 19.5. The van der Waals surface area contributed by atoms with Gasteiger partial charge in [0.2, 0.25) is 0 Å². The van der Waals surface area contributed by atoms with Crippen LogP contribution < -0.4 is 4.74 Å². The van der Waals surface area contributed by atoms with Crippen LogP contribution >= 0.6 is 0 Å². The van der Waals surface area contributed by atoms with E-state index in [0.29, 0.717) is 29.7 Å². The highest BCUT2D eigenvalue weighted by atomic mass is 16.5. The van der Waals surface area contributed by atoms with Gasteiger partial charge in [-0.1, -0.05) is 45.0 Å². The molecule has 2 saturated carbocycles. The van der Waals surface area contributed by atoms with E-state index in [0.717, 1.165) is 25.0 Å². The summed E-state index contributed by atoms with van der Waals surface area (Å²) in [5.74, 6) is 1.82. The summed E-state index contributed by atoms with van der Waals surface area (Å²) in [6, 6.07) is 15.7. The van der Waals surface area contributed by atoms with E-state index in [1.165, 1.54) is 11.1 Å². The minimum atomic E-state index is -0.490. The highest BCUT2D eigenvalue weighted by Crippen LogP contribution is 2.69. The van der Waals surface area contributed by atoms with Gasteiger partial charge in [0.25, 0.3) is 0 Å². The fourth-order valence-electron chi connectivity index (χ4n) is 7.53. The largest absolute Gasteiger partial charge is 0.497 e. The van der Waals surface area contributed by atoms with Crippen LogP contribution in [0.15, 0.2) is 48.5 Å². The Morgan fingerprint density at radius 1 is 1.12 bits per heavy atom. The lowest BCUT2D eigenvalue weighted by atomic mass is 9.45. The molecule has 5 rings (SSSR count). The van der Waals surface area contributed by atoms with Crippen molar-refractivity contribution in [3.63, 3.8) is 0 Å². The number of ether oxygens (including phenoxy) is 2. The lowest BCUT2D eigenvalue weighted by Gasteiger charge is -2.59. The molecule has 7 atom stereocenters. The summed E-state index contributed by atoms with van der Waals surface area (Å²) < 4.78 is 11.6. The van der Waals surface area contributed by atoms with Gasteiger partial charge in [0.15, 0.2) is 0 Å². The van der Waals surface area contributed by atoms with Crippen LogP contribution in [-0.4, -0.2) is 30.4 Å². The van der Waals surface area contributed by atoms with Crippen molar-refractivity contribution in [1.29, 1.82) is 0 Å². The van der Waals surface area contributed by atoms with E-state index in [-0.39, 0.29) is 22.9 Å². The molecule has 0 radical (unpaired) electrons. The van der Waals surface area contributed by atoms with Crippen LogP contribution in [0, 0.1) is 22.7 Å². The van der Waals surface area contributed by atoms with Gasteiger partial charge in [0.1, 0.15) is 11.9 Å². The SMILES string of the molecule is COc1ccc2c(c1)C[C@@H](C)[C@@H]1[C@@H]2CC[C@]2(C)[C@@H](OC(=O)c3ccccc3)C[C@@H](O)[C@]12C. The maximum Gasteiger partial charge on any atom is 0.338 e. The van der Waals surface area contributed by atoms with Crippen LogP contribution in [0.5, 0.6) is 5.75 Å². The van der Waals surface area contributed by atoms with Crippen molar-refractivity contribution in [3.05, 3.63) is 65.2 Å². The predicted molar refractivity (Wildman–Crippen MR) is 124 cm³/mol. The number of fused-ring (bicyclic) bond motifs is 5. The second kappa shape index (κ2) is 7.62. The van der Waals surface area contributed by atoms with Gasteiger partial charge in [0.05, 0.1) is 18.8 Å². The highest BCUT2D eigenvalue weighted by molar-refractivity contribution is 5.89. The molecular formula is C28H34O4. The van der Waals surface area contributed by atoms with E-state index in [1.54, 1.807) is 19.2 Å². The fourth-order valence-corrected chi connectivity index (χ4v) is 7.53. The number of esters is 1. The Balaban J connectivity index is 1.48. The first-order chi connectivity index (χ1) is 15.3. The van der Waals surface area contributed by atoms with Crippen LogP contribution in [0.25, 0.3) is 0 Å². The molecule has 0 unspecified atom stereocenters. The summed E-state index contributed by atoms with van der Waals surface area (Å²) in [4.78, 5) is 12.9. The van der Waals surface area contributed by atoms with Crippen molar-refractivity contribution in [1.82, 2.24) is 0 Å². The molecule has 0 saturated heterocycles. The third-order valence-corrected chi connectivity index (χ3v) is 9.33. The van der Waals surface area contributed by atoms with Crippen molar-refractivity contribution in [3.8, 4) is 5.75 Å². The molecule has 1 N–H and O–H groups in total. The minimum absolute atomic E-state index is 0.254. The summed E-state index contributed by atoms with van der Waals surface area (Å²) in [5, 5.41) is 11.5. The van der Waals surface area contributed by atoms with E-state index in [4.69, 9.17) is 9.47 Å². The molecule has 4 heteroatoms. The Kier molecular flexibility index (Phi) is 5.12. The predicted octanol–water partition coefficient (Wildman–Crippen LogP) is 5.38. The number of methoxy groups -OCH3 is 1. The molecule has 2 aromatic carbocycles. The number of carbonyl (C=O) groups is 1. The molecule has 0 spiro atoms. The van der Waals surface area contributed by atoms with Gasteiger partial charge in [-0.2, -0.15) is 0 Å². The number of hydrogen-bond acceptors (Lipinski definition) is 4. The van der Waals surface area contributed by atoms with Crippen molar-refractivity contribution in [2.75, 3.05) is 7.11 Å². The van der Waals surface area contributed by atoms with Gasteiger partial charge in [0, 0.05) is 17.3 Å². The lowest BCUT2D eigenvalue weighted by molar-refractivity contribution is -0.134. The first-order valence-electron chi connectivity index (χ1n) is 11.9.